The molecular formula is C12H15BrO4S. The fourth-order valence-electron chi connectivity index (χ4n) is 1.33. The second kappa shape index (κ2) is 6.33. The monoisotopic (exact) mass is 334 g/mol. The van der Waals surface area contributed by atoms with Crippen LogP contribution in [-0.2, 0) is 9.84 Å². The second-order valence-corrected chi connectivity index (χ2v) is 7.17. The van der Waals surface area contributed by atoms with Crippen LogP contribution in [0.25, 0.3) is 0 Å². The number of benzene rings is 1. The van der Waals surface area contributed by atoms with E-state index >= 15 is 0 Å². The molecule has 0 radical (unpaired) electrons. The van der Waals surface area contributed by atoms with Crippen LogP contribution in [0.3, 0.4) is 0 Å². The number of Topliss-reactive ketones (excluding diaryl/α,β-unsaturated/α-hetero) is 1. The predicted octanol–water partition coefficient (Wildman–Crippen LogP) is 2.47. The lowest BCUT2D eigenvalue weighted by Gasteiger charge is -2.10. The number of hydrogen-bond acceptors (Lipinski definition) is 4. The van der Waals surface area contributed by atoms with Crippen molar-refractivity contribution in [2.24, 2.45) is 0 Å². The molecule has 4 nitrogen and oxygen atoms in total. The molecule has 1 aromatic carbocycles. The Balaban J connectivity index is 2.78. The van der Waals surface area contributed by atoms with Gasteiger partial charge < -0.3 is 4.74 Å². The number of hydrogen-bond donors (Lipinski definition) is 0. The van der Waals surface area contributed by atoms with E-state index in [1.165, 1.54) is 6.92 Å². The van der Waals surface area contributed by atoms with Gasteiger partial charge in [0.1, 0.15) is 12.4 Å². The highest BCUT2D eigenvalue weighted by Gasteiger charge is 2.11. The maximum absolute atomic E-state index is 11.4. The number of sulfone groups is 1. The third kappa shape index (κ3) is 4.42. The van der Waals surface area contributed by atoms with Gasteiger partial charge in [0.15, 0.2) is 15.6 Å². The molecule has 1 aromatic rings. The van der Waals surface area contributed by atoms with E-state index in [9.17, 15) is 13.2 Å². The number of rotatable bonds is 6. The van der Waals surface area contributed by atoms with Crippen molar-refractivity contribution in [1.82, 2.24) is 0 Å². The SMILES string of the molecule is CCS(=O)(=O)CCOc1cc(Br)ccc1C(C)=O. The van der Waals surface area contributed by atoms with E-state index in [4.69, 9.17) is 4.74 Å². The molecule has 0 aliphatic heterocycles. The Morgan fingerprint density at radius 2 is 2.06 bits per heavy atom. The zero-order valence-corrected chi connectivity index (χ0v) is 12.7. The van der Waals surface area contributed by atoms with Crippen molar-refractivity contribution in [3.05, 3.63) is 28.2 Å². The summed E-state index contributed by atoms with van der Waals surface area (Å²) in [5.74, 6) is 0.334. The van der Waals surface area contributed by atoms with E-state index < -0.39 is 9.84 Å². The van der Waals surface area contributed by atoms with Crippen LogP contribution in [0, 0.1) is 0 Å². The highest BCUT2D eigenvalue weighted by Crippen LogP contribution is 2.24. The first kappa shape index (κ1) is 15.2. The number of ketones is 1. The summed E-state index contributed by atoms with van der Waals surface area (Å²) in [7, 11) is -3.05. The molecule has 0 amide bonds. The van der Waals surface area contributed by atoms with Crippen molar-refractivity contribution in [2.45, 2.75) is 13.8 Å². The summed E-state index contributed by atoms with van der Waals surface area (Å²) in [6.07, 6.45) is 0. The minimum atomic E-state index is -3.05. The molecule has 0 heterocycles. The zero-order valence-electron chi connectivity index (χ0n) is 10.3. The van der Waals surface area contributed by atoms with Crippen LogP contribution in [0.15, 0.2) is 22.7 Å². The van der Waals surface area contributed by atoms with Crippen molar-refractivity contribution in [3.63, 3.8) is 0 Å². The van der Waals surface area contributed by atoms with Gasteiger partial charge in [-0.25, -0.2) is 8.42 Å². The molecule has 6 heteroatoms. The average Bonchev–Trinajstić information content (AvgIpc) is 2.28. The topological polar surface area (TPSA) is 60.4 Å². The molecule has 0 aliphatic carbocycles. The molecule has 0 bridgehead atoms. The van der Waals surface area contributed by atoms with Crippen molar-refractivity contribution >= 4 is 31.6 Å². The van der Waals surface area contributed by atoms with E-state index in [2.05, 4.69) is 15.9 Å². The molecule has 18 heavy (non-hydrogen) atoms. The summed E-state index contributed by atoms with van der Waals surface area (Å²) in [5.41, 5.74) is 0.451. The molecular weight excluding hydrogens is 320 g/mol. The van der Waals surface area contributed by atoms with Gasteiger partial charge in [0.25, 0.3) is 0 Å². The summed E-state index contributed by atoms with van der Waals surface area (Å²) in [5, 5.41) is 0. The highest BCUT2D eigenvalue weighted by atomic mass is 79.9. The summed E-state index contributed by atoms with van der Waals surface area (Å²) in [6.45, 7) is 3.08. The molecule has 0 unspecified atom stereocenters. The summed E-state index contributed by atoms with van der Waals surface area (Å²) < 4.78 is 28.8. The third-order valence-corrected chi connectivity index (χ3v) is 4.58. The van der Waals surface area contributed by atoms with Crippen LogP contribution in [0.5, 0.6) is 5.75 Å². The van der Waals surface area contributed by atoms with Crippen LogP contribution in [0.2, 0.25) is 0 Å². The van der Waals surface area contributed by atoms with Crippen molar-refractivity contribution in [3.8, 4) is 5.75 Å². The normalized spacial score (nSPS) is 11.3. The summed E-state index contributed by atoms with van der Waals surface area (Å²) >= 11 is 3.28. The fraction of sp³-hybridized carbons (Fsp3) is 0.417. The highest BCUT2D eigenvalue weighted by molar-refractivity contribution is 9.10. The maximum Gasteiger partial charge on any atom is 0.163 e. The molecule has 0 N–H and O–H groups in total. The van der Waals surface area contributed by atoms with E-state index in [1.807, 2.05) is 0 Å². The predicted molar refractivity (Wildman–Crippen MR) is 74.0 cm³/mol. The summed E-state index contributed by atoms with van der Waals surface area (Å²) in [4.78, 5) is 11.4. The van der Waals surface area contributed by atoms with Crippen LogP contribution in [0.4, 0.5) is 0 Å². The minimum Gasteiger partial charge on any atom is -0.492 e. The molecule has 0 atom stereocenters. The molecule has 0 saturated carbocycles. The van der Waals surface area contributed by atoms with Gasteiger partial charge in [-0.3, -0.25) is 4.79 Å². The Morgan fingerprint density at radius 3 is 2.61 bits per heavy atom. The Labute approximate surface area is 115 Å². The largest absolute Gasteiger partial charge is 0.492 e. The van der Waals surface area contributed by atoms with Gasteiger partial charge in [0.2, 0.25) is 0 Å². The first-order valence-electron chi connectivity index (χ1n) is 5.49. The first-order chi connectivity index (χ1) is 8.35. The Kier molecular flexibility index (Phi) is 5.34. The van der Waals surface area contributed by atoms with E-state index in [1.54, 1.807) is 25.1 Å². The molecule has 0 aromatic heterocycles. The average molecular weight is 335 g/mol. The van der Waals surface area contributed by atoms with Crippen LogP contribution < -0.4 is 4.74 Å². The van der Waals surface area contributed by atoms with Crippen molar-refractivity contribution < 1.29 is 17.9 Å². The second-order valence-electron chi connectivity index (χ2n) is 3.78. The Morgan fingerprint density at radius 1 is 1.39 bits per heavy atom. The zero-order chi connectivity index (χ0) is 13.8. The quantitative estimate of drug-likeness (QED) is 0.750. The first-order valence-corrected chi connectivity index (χ1v) is 8.11. The fourth-order valence-corrected chi connectivity index (χ4v) is 2.30. The maximum atomic E-state index is 11.4. The van der Waals surface area contributed by atoms with Gasteiger partial charge >= 0.3 is 0 Å². The van der Waals surface area contributed by atoms with Crippen LogP contribution in [-0.4, -0.2) is 32.3 Å². The van der Waals surface area contributed by atoms with Gasteiger partial charge in [0, 0.05) is 10.2 Å². The molecule has 100 valence electrons. The molecule has 1 rings (SSSR count). The van der Waals surface area contributed by atoms with E-state index in [-0.39, 0.29) is 23.9 Å². The Hall–Kier alpha value is -0.880. The molecule has 0 spiro atoms. The van der Waals surface area contributed by atoms with Gasteiger partial charge in [-0.15, -0.1) is 0 Å². The van der Waals surface area contributed by atoms with E-state index in [0.29, 0.717) is 11.3 Å². The van der Waals surface area contributed by atoms with Gasteiger partial charge in [-0.2, -0.15) is 0 Å². The molecule has 0 aliphatic rings. The van der Waals surface area contributed by atoms with Gasteiger partial charge in [-0.05, 0) is 25.1 Å². The van der Waals surface area contributed by atoms with Crippen molar-refractivity contribution in [2.75, 3.05) is 18.1 Å². The smallest absolute Gasteiger partial charge is 0.163 e. The van der Waals surface area contributed by atoms with Crippen LogP contribution >= 0.6 is 15.9 Å². The Bertz CT molecular complexity index is 537. The molecule has 0 saturated heterocycles. The molecule has 0 fully saturated rings. The number of ether oxygens (including phenoxy) is 1. The lowest BCUT2D eigenvalue weighted by Crippen LogP contribution is -2.16. The van der Waals surface area contributed by atoms with Crippen molar-refractivity contribution in [1.29, 1.82) is 0 Å². The number of carbonyl (C=O) groups excluding carboxylic acids is 1. The number of halogens is 1. The lowest BCUT2D eigenvalue weighted by molar-refractivity contribution is 0.101. The van der Waals surface area contributed by atoms with Gasteiger partial charge in [-0.1, -0.05) is 22.9 Å². The third-order valence-electron chi connectivity index (χ3n) is 2.41. The standard InChI is InChI=1S/C12H15BrO4S/c1-3-18(15,16)7-6-17-12-8-10(13)4-5-11(12)9(2)14/h4-5,8H,3,6-7H2,1-2H3. The van der Waals surface area contributed by atoms with E-state index in [0.717, 1.165) is 4.47 Å². The van der Waals surface area contributed by atoms with Crippen LogP contribution in [0.1, 0.15) is 24.2 Å². The number of carbonyl (C=O) groups is 1. The minimum absolute atomic E-state index is 0.0483. The summed E-state index contributed by atoms with van der Waals surface area (Å²) in [6, 6.07) is 5.05. The van der Waals surface area contributed by atoms with Gasteiger partial charge in [0.05, 0.1) is 11.3 Å². The lowest BCUT2D eigenvalue weighted by atomic mass is 10.1.